The van der Waals surface area contributed by atoms with Gasteiger partial charge in [-0.3, -0.25) is 39.9 Å². The largest absolute Gasteiger partial charge is 0.381 e. The van der Waals surface area contributed by atoms with Crippen LogP contribution in [0.1, 0.15) is 517 Å². The molecule has 20 heteroatoms. The van der Waals surface area contributed by atoms with Crippen molar-refractivity contribution in [2.45, 2.75) is 523 Å². The highest BCUT2D eigenvalue weighted by atomic mass is 16.5. The molecule has 0 aromatic carbocycles. The molecule has 0 N–H and O–H groups in total. The van der Waals surface area contributed by atoms with Crippen LogP contribution < -0.4 is 0 Å². The van der Waals surface area contributed by atoms with Gasteiger partial charge in [-0.2, -0.15) is 30.6 Å². The summed E-state index contributed by atoms with van der Waals surface area (Å²) >= 11 is 0. The third-order valence-corrected chi connectivity index (χ3v) is 6.95. The Labute approximate surface area is 926 Å². The van der Waals surface area contributed by atoms with Crippen LogP contribution in [0.4, 0.5) is 0 Å². The van der Waals surface area contributed by atoms with Gasteiger partial charge in [0.2, 0.25) is 0 Å². The first kappa shape index (κ1) is 196. The summed E-state index contributed by atoms with van der Waals surface area (Å²) in [6.45, 7) is 156. The van der Waals surface area contributed by atoms with Gasteiger partial charge in [0.1, 0.15) is 19.3 Å². The highest BCUT2D eigenvalue weighted by Crippen LogP contribution is 2.15. The summed E-state index contributed by atoms with van der Waals surface area (Å²) < 4.78 is 7.02. The molecule has 0 unspecified atom stereocenters. The number of allylic oxidation sites excluding steroid dienone is 2. The van der Waals surface area contributed by atoms with Gasteiger partial charge in [-0.05, 0) is 136 Å². The number of pyridine rings is 1. The minimum atomic E-state index is 0.177. The van der Waals surface area contributed by atoms with Gasteiger partial charge in [0, 0.05) is 162 Å². The van der Waals surface area contributed by atoms with E-state index in [1.54, 1.807) is 130 Å². The van der Waals surface area contributed by atoms with Gasteiger partial charge < -0.3 is 9.30 Å². The number of aliphatic imine (C=N–C) groups is 6. The molecule has 0 saturated carbocycles. The Kier molecular flexibility index (Phi) is 205. The average Bonchev–Trinajstić information content (AvgIpc) is 1.76. The van der Waals surface area contributed by atoms with Crippen molar-refractivity contribution in [2.75, 3.05) is 39.5 Å². The molecule has 20 nitrogen and oxygen atoms in total. The topological polar surface area (TPSA) is 241 Å². The van der Waals surface area contributed by atoms with E-state index < -0.39 is 0 Å². The molecular weight excluding hydrogens is 1810 g/mol. The molecule has 1 saturated heterocycles. The van der Waals surface area contributed by atoms with Crippen molar-refractivity contribution in [2.24, 2.45) is 110 Å². The van der Waals surface area contributed by atoms with Crippen molar-refractivity contribution in [3.8, 4) is 0 Å². The second-order valence-corrected chi connectivity index (χ2v) is 46.4. The number of rotatable bonds is 0. The Balaban J connectivity index is -0.0000000516. The van der Waals surface area contributed by atoms with Crippen LogP contribution in [0.5, 0.6) is 0 Å². The second kappa shape index (κ2) is 153. The maximum absolute atomic E-state index is 4.94. The standard InChI is InChI=1S/C7H12N2.C5H5N.11C5H12.3C4H4N2.2C4H5N.C4H8O.4C3H4N2.12C2H6/c1-7(2,3)9-5-4-8-6-9;1-2-4-6-5-3-1;11*1-5(2,3)4;1-2-6-4-3-5-1;1-2-5-4-6-3-1;1-2-4-6-5-3-1;3*1-2-4-5-3-1;2*1-2-5-3-4-1;2*1-2-4-5-3-1;12*1-2/h4-6H,1-3H3;1-5H;11*1-4H3;3*1-4H;1,3-4H,2H2;1-3H,4H2;1-4H2;1,3H,2H2;1-2H,3H2;2-3H,1H2;1-2H,3H2;12*1-2H3. The van der Waals surface area contributed by atoms with E-state index in [0.717, 1.165) is 45.7 Å². The quantitative estimate of drug-likeness (QED) is 0.143. The van der Waals surface area contributed by atoms with Crippen molar-refractivity contribution in [1.29, 1.82) is 0 Å². The molecule has 5 aromatic rings. The van der Waals surface area contributed by atoms with E-state index in [1.807, 2.05) is 240 Å². The molecule has 7 aliphatic rings. The van der Waals surface area contributed by atoms with Crippen molar-refractivity contribution >= 4 is 49.8 Å². The van der Waals surface area contributed by atoms with E-state index in [9.17, 15) is 0 Å². The van der Waals surface area contributed by atoms with Gasteiger partial charge in [-0.15, -0.1) is 0 Å². The summed E-state index contributed by atoms with van der Waals surface area (Å²) in [5.74, 6) is 0. The SMILES string of the molecule is C1=CCN=C1.C1=CN=CC1.C1=CN=NC1.C1=NC=NC1.C1=NCN=C1.C1=NN=CC1.C1CCOC1.CC.CC.CC.CC.CC.CC.CC.CC.CC.CC.CC.CC.CC(C)(C)C.CC(C)(C)C.CC(C)(C)C.CC(C)(C)C.CC(C)(C)C.CC(C)(C)C.CC(C)(C)C.CC(C)(C)C.CC(C)(C)C.CC(C)(C)C.CC(C)(C)C.CC(C)(C)n1ccnc1.c1ccncc1.c1ccnnc1.c1cnccn1.c1cncnc1. The maximum Gasteiger partial charge on any atom is 0.129 e. The van der Waals surface area contributed by atoms with Crippen LogP contribution in [-0.2, 0) is 10.3 Å². The van der Waals surface area contributed by atoms with E-state index >= 15 is 0 Å². The Morgan fingerprint density at radius 1 is 0.245 bits per heavy atom. The smallest absolute Gasteiger partial charge is 0.129 e. The van der Waals surface area contributed by atoms with Crippen LogP contribution in [0, 0.1) is 59.6 Å². The zero-order valence-corrected chi connectivity index (χ0v) is 113. The zero-order valence-electron chi connectivity index (χ0n) is 113. The van der Waals surface area contributed by atoms with E-state index in [0.29, 0.717) is 66.2 Å². The summed E-state index contributed by atoms with van der Waals surface area (Å²) in [5, 5.41) is 21.2. The van der Waals surface area contributed by atoms with Crippen LogP contribution in [0.3, 0.4) is 0 Å². The number of nitrogens with zero attached hydrogens (tertiary/aromatic N) is 19. The lowest BCUT2D eigenvalue weighted by Gasteiger charge is -2.19. The number of azo groups is 1. The number of ether oxygens (including phenoxy) is 1. The fourth-order valence-electron chi connectivity index (χ4n) is 3.79. The molecule has 0 radical (unpaired) electrons. The van der Waals surface area contributed by atoms with E-state index in [-0.39, 0.29) is 5.54 Å². The zero-order chi connectivity index (χ0) is 122. The van der Waals surface area contributed by atoms with Crippen molar-refractivity contribution < 1.29 is 4.74 Å². The number of aromatic nitrogens is 9. The number of hydrogen-bond donors (Lipinski definition) is 0. The van der Waals surface area contributed by atoms with Crippen LogP contribution in [0.15, 0.2) is 211 Å². The number of imidazole rings is 1. The van der Waals surface area contributed by atoms with Crippen LogP contribution >= 0.6 is 0 Å². The molecule has 12 heterocycles. The molecule has 876 valence electrons. The lowest BCUT2D eigenvalue weighted by molar-refractivity contribution is 0.198. The Bertz CT molecular complexity index is 2490. The summed E-state index contributed by atoms with van der Waals surface area (Å²) in [5.41, 5.74) is 5.68. The van der Waals surface area contributed by atoms with E-state index in [1.165, 1.54) is 19.2 Å². The summed E-state index contributed by atoms with van der Waals surface area (Å²) in [6, 6.07) is 11.1. The van der Waals surface area contributed by atoms with Gasteiger partial charge in [0.15, 0.2) is 0 Å². The first-order chi connectivity index (χ1) is 67.6. The molecule has 147 heavy (non-hydrogen) atoms. The van der Waals surface area contributed by atoms with Crippen molar-refractivity contribution in [1.82, 2.24) is 44.7 Å². The van der Waals surface area contributed by atoms with Gasteiger partial charge >= 0.3 is 0 Å². The maximum atomic E-state index is 4.94. The minimum Gasteiger partial charge on any atom is -0.381 e. The predicted molar refractivity (Wildman–Crippen MR) is 689 cm³/mol. The lowest BCUT2D eigenvalue weighted by Crippen LogP contribution is -2.19. The van der Waals surface area contributed by atoms with E-state index in [4.69, 9.17) is 4.74 Å². The Hall–Kier alpha value is -8.26. The molecule has 7 aliphatic heterocycles. The van der Waals surface area contributed by atoms with Crippen LogP contribution in [0.2, 0.25) is 0 Å². The highest BCUT2D eigenvalue weighted by Gasteiger charge is 2.10. The molecule has 12 rings (SSSR count). The monoisotopic (exact) mass is 2080 g/mol. The van der Waals surface area contributed by atoms with Crippen LogP contribution in [-0.4, -0.2) is 134 Å². The third-order valence-electron chi connectivity index (χ3n) is 6.95. The molecular formula is C127H267N19O. The fraction of sp³-hybridized carbons (Fsp3) is 0.732. The highest BCUT2D eigenvalue weighted by molar-refractivity contribution is 6.17. The molecule has 0 bridgehead atoms. The van der Waals surface area contributed by atoms with Gasteiger partial charge in [0.25, 0.3) is 0 Å². The summed E-state index contributed by atoms with van der Waals surface area (Å²) in [7, 11) is 0. The van der Waals surface area contributed by atoms with Crippen molar-refractivity contribution in [3.63, 3.8) is 0 Å². The van der Waals surface area contributed by atoms with Gasteiger partial charge in [-0.1, -0.05) is 489 Å². The van der Waals surface area contributed by atoms with Gasteiger partial charge in [0.05, 0.1) is 26.0 Å². The third kappa shape index (κ3) is 625. The molecule has 1 fully saturated rings. The second-order valence-electron chi connectivity index (χ2n) is 46.4. The van der Waals surface area contributed by atoms with Gasteiger partial charge in [-0.25, -0.2) is 19.9 Å². The normalized spacial score (nSPS) is 11.4. The Morgan fingerprint density at radius 2 is 0.551 bits per heavy atom. The number of hydrogen-bond acceptors (Lipinski definition) is 19. The average molecular weight is 2080 g/mol. The summed E-state index contributed by atoms with van der Waals surface area (Å²) in [6.07, 6.45) is 53.6. The molecule has 0 amide bonds. The first-order valence-electron chi connectivity index (χ1n) is 55.5. The van der Waals surface area contributed by atoms with Crippen LogP contribution in [0.25, 0.3) is 0 Å². The predicted octanol–water partition coefficient (Wildman–Crippen LogP) is 43.0. The molecule has 0 atom stereocenters. The molecule has 0 spiro atoms. The molecule has 5 aromatic heterocycles. The van der Waals surface area contributed by atoms with E-state index in [2.05, 4.69) is 420 Å². The summed E-state index contributed by atoms with van der Waals surface area (Å²) in [4.78, 5) is 45.0. The first-order valence-corrected chi connectivity index (χ1v) is 55.5. The molecule has 0 aliphatic carbocycles. The van der Waals surface area contributed by atoms with Crippen molar-refractivity contribution in [3.05, 3.63) is 160 Å². The Morgan fingerprint density at radius 3 is 0.639 bits per heavy atom. The minimum absolute atomic E-state index is 0.177. The fourth-order valence-corrected chi connectivity index (χ4v) is 3.79. The lowest BCUT2D eigenvalue weighted by atomic mass is 10.0.